The molecule has 3 rings (SSSR count). The van der Waals surface area contributed by atoms with E-state index in [0.717, 1.165) is 0 Å². The topological polar surface area (TPSA) is 89.9 Å². The van der Waals surface area contributed by atoms with Crippen LogP contribution in [0.1, 0.15) is 37.7 Å². The van der Waals surface area contributed by atoms with E-state index in [4.69, 9.17) is 0 Å². The Morgan fingerprint density at radius 3 is 2.59 bits per heavy atom. The summed E-state index contributed by atoms with van der Waals surface area (Å²) >= 11 is 0. The molecule has 0 spiro atoms. The molecule has 3 N–H and O–H groups in total. The van der Waals surface area contributed by atoms with Gasteiger partial charge in [-0.3, -0.25) is 9.59 Å². The third kappa shape index (κ3) is 5.26. The fourth-order valence-electron chi connectivity index (χ4n) is 3.97. The van der Waals surface area contributed by atoms with Gasteiger partial charge in [-0.05, 0) is 49.8 Å². The minimum atomic E-state index is -0.686. The summed E-state index contributed by atoms with van der Waals surface area (Å²) in [5.41, 5.74) is 0.567. The number of carbonyl (C=O) groups is 2. The monoisotopic (exact) mass is 378 g/mol. The van der Waals surface area contributed by atoms with E-state index in [-0.39, 0.29) is 30.3 Å². The van der Waals surface area contributed by atoms with Crippen molar-refractivity contribution in [2.75, 3.05) is 13.1 Å². The van der Waals surface area contributed by atoms with Crippen LogP contribution in [0.25, 0.3) is 0 Å². The van der Waals surface area contributed by atoms with E-state index in [0.29, 0.717) is 50.8 Å². The van der Waals surface area contributed by atoms with E-state index in [1.54, 1.807) is 17.0 Å². The Morgan fingerprint density at radius 1 is 1.15 bits per heavy atom. The zero-order valence-corrected chi connectivity index (χ0v) is 15.3. The van der Waals surface area contributed by atoms with Crippen molar-refractivity contribution in [2.45, 2.75) is 56.8 Å². The van der Waals surface area contributed by atoms with Crippen LogP contribution >= 0.6 is 0 Å². The van der Waals surface area contributed by atoms with Crippen LogP contribution in [0.3, 0.4) is 0 Å². The molecule has 148 valence electrons. The van der Waals surface area contributed by atoms with Gasteiger partial charge < -0.3 is 20.4 Å². The highest BCUT2D eigenvalue weighted by atomic mass is 19.1. The Hall–Kier alpha value is -1.99. The first-order chi connectivity index (χ1) is 12.9. The van der Waals surface area contributed by atoms with Gasteiger partial charge in [-0.15, -0.1) is 0 Å². The molecule has 1 aromatic rings. The van der Waals surface area contributed by atoms with Crippen LogP contribution < -0.4 is 5.32 Å². The lowest BCUT2D eigenvalue weighted by Crippen LogP contribution is -2.51. The lowest BCUT2D eigenvalue weighted by atomic mass is 9.82. The minimum absolute atomic E-state index is 0.0314. The van der Waals surface area contributed by atoms with E-state index < -0.39 is 18.0 Å². The van der Waals surface area contributed by atoms with E-state index in [1.165, 1.54) is 12.1 Å². The van der Waals surface area contributed by atoms with E-state index >= 15 is 0 Å². The van der Waals surface area contributed by atoms with Gasteiger partial charge in [0.1, 0.15) is 5.82 Å². The third-order valence-corrected chi connectivity index (χ3v) is 5.54. The Balaban J connectivity index is 1.55. The fourth-order valence-corrected chi connectivity index (χ4v) is 3.97. The first-order valence-electron chi connectivity index (χ1n) is 9.61. The van der Waals surface area contributed by atoms with E-state index in [9.17, 15) is 24.2 Å². The second kappa shape index (κ2) is 8.80. The molecule has 1 heterocycles. The summed E-state index contributed by atoms with van der Waals surface area (Å²) in [6.45, 7) is 1.10. The number of hydrogen-bond donors (Lipinski definition) is 3. The number of aliphatic hydroxyl groups excluding tert-OH is 2. The highest BCUT2D eigenvalue weighted by molar-refractivity contribution is 5.80. The molecule has 2 amide bonds. The zero-order chi connectivity index (χ0) is 19.4. The number of rotatable bonds is 4. The van der Waals surface area contributed by atoms with Crippen molar-refractivity contribution >= 4 is 11.8 Å². The van der Waals surface area contributed by atoms with E-state index in [2.05, 4.69) is 5.32 Å². The molecular formula is C20H27FN2O4. The number of piperidine rings is 1. The lowest BCUT2D eigenvalue weighted by molar-refractivity contribution is -0.140. The summed E-state index contributed by atoms with van der Waals surface area (Å²) in [5.74, 6) is -0.879. The normalized spacial score (nSPS) is 26.6. The molecule has 1 aromatic carbocycles. The summed E-state index contributed by atoms with van der Waals surface area (Å²) in [6.07, 6.45) is 1.64. The number of halogens is 1. The van der Waals surface area contributed by atoms with Crippen molar-refractivity contribution in [2.24, 2.45) is 5.92 Å². The molecule has 0 bridgehead atoms. The third-order valence-electron chi connectivity index (χ3n) is 5.54. The predicted molar refractivity (Wildman–Crippen MR) is 97.2 cm³/mol. The summed E-state index contributed by atoms with van der Waals surface area (Å²) in [5, 5.41) is 22.6. The molecular weight excluding hydrogens is 351 g/mol. The predicted octanol–water partition coefficient (Wildman–Crippen LogP) is 0.997. The molecule has 27 heavy (non-hydrogen) atoms. The Bertz CT molecular complexity index is 676. The van der Waals surface area contributed by atoms with Gasteiger partial charge in [-0.2, -0.15) is 0 Å². The summed E-state index contributed by atoms with van der Waals surface area (Å²) < 4.78 is 13.2. The first kappa shape index (κ1) is 19.8. The molecule has 1 saturated heterocycles. The highest BCUT2D eigenvalue weighted by Gasteiger charge is 2.36. The molecule has 0 unspecified atom stereocenters. The number of amides is 2. The molecule has 1 aliphatic heterocycles. The van der Waals surface area contributed by atoms with Crippen LogP contribution in [-0.2, 0) is 16.0 Å². The molecule has 2 fully saturated rings. The molecule has 6 nitrogen and oxygen atoms in total. The maximum atomic E-state index is 13.2. The summed E-state index contributed by atoms with van der Waals surface area (Å²) in [7, 11) is 0. The lowest BCUT2D eigenvalue weighted by Gasteiger charge is -2.37. The van der Waals surface area contributed by atoms with Crippen molar-refractivity contribution < 1.29 is 24.2 Å². The van der Waals surface area contributed by atoms with Crippen LogP contribution in [0, 0.1) is 11.7 Å². The van der Waals surface area contributed by atoms with Crippen LogP contribution in [0.4, 0.5) is 4.39 Å². The number of hydrogen-bond acceptors (Lipinski definition) is 4. The zero-order valence-electron chi connectivity index (χ0n) is 15.3. The van der Waals surface area contributed by atoms with Gasteiger partial charge in [-0.25, -0.2) is 4.39 Å². The number of carbonyl (C=O) groups excluding carboxylic acids is 2. The number of benzene rings is 1. The van der Waals surface area contributed by atoms with Crippen LogP contribution in [0.5, 0.6) is 0 Å². The van der Waals surface area contributed by atoms with Gasteiger partial charge >= 0.3 is 0 Å². The minimum Gasteiger partial charge on any atom is -0.393 e. The average molecular weight is 378 g/mol. The molecule has 7 heteroatoms. The van der Waals surface area contributed by atoms with Gasteiger partial charge in [-0.1, -0.05) is 12.1 Å². The SMILES string of the molecule is O=C(Cc1cccc(F)c1)N[C@@H]1C[C@@H](C(=O)N2CCC(O)CC2)CC[C@H]1O. The number of aliphatic hydroxyl groups is 2. The van der Waals surface area contributed by atoms with Gasteiger partial charge in [0, 0.05) is 19.0 Å². The first-order valence-corrected chi connectivity index (χ1v) is 9.61. The van der Waals surface area contributed by atoms with Gasteiger partial charge in [0.25, 0.3) is 0 Å². The maximum absolute atomic E-state index is 13.2. The van der Waals surface area contributed by atoms with Crippen LogP contribution in [0.2, 0.25) is 0 Å². The Morgan fingerprint density at radius 2 is 1.89 bits per heavy atom. The standard InChI is InChI=1S/C20H27FN2O4/c21-15-3-1-2-13(10-15)11-19(26)22-17-12-14(4-5-18(17)25)20(27)23-8-6-16(24)7-9-23/h1-3,10,14,16-18,24-25H,4-9,11-12H2,(H,22,26)/t14-,17+,18+/m0/s1. The van der Waals surface area contributed by atoms with Crippen LogP contribution in [0.15, 0.2) is 24.3 Å². The van der Waals surface area contributed by atoms with Gasteiger partial charge in [0.2, 0.25) is 11.8 Å². The van der Waals surface area contributed by atoms with Crippen molar-refractivity contribution in [3.8, 4) is 0 Å². The Kier molecular flexibility index (Phi) is 6.44. The molecule has 0 aromatic heterocycles. The highest BCUT2D eigenvalue weighted by Crippen LogP contribution is 2.28. The number of nitrogens with zero attached hydrogens (tertiary/aromatic N) is 1. The maximum Gasteiger partial charge on any atom is 0.225 e. The average Bonchev–Trinajstić information content (AvgIpc) is 2.63. The van der Waals surface area contributed by atoms with E-state index in [1.807, 2.05) is 0 Å². The molecule has 3 atom stereocenters. The summed E-state index contributed by atoms with van der Waals surface area (Å²) in [6, 6.07) is 5.38. The van der Waals surface area contributed by atoms with Crippen molar-refractivity contribution in [1.29, 1.82) is 0 Å². The van der Waals surface area contributed by atoms with Crippen molar-refractivity contribution in [1.82, 2.24) is 10.2 Å². The van der Waals surface area contributed by atoms with Crippen LogP contribution in [-0.4, -0.2) is 58.3 Å². The molecule has 0 radical (unpaired) electrons. The largest absolute Gasteiger partial charge is 0.393 e. The summed E-state index contributed by atoms with van der Waals surface area (Å²) in [4.78, 5) is 26.8. The van der Waals surface area contributed by atoms with Crippen molar-refractivity contribution in [3.63, 3.8) is 0 Å². The number of nitrogens with one attached hydrogen (secondary N) is 1. The Labute approximate surface area is 158 Å². The van der Waals surface area contributed by atoms with Gasteiger partial charge in [0.05, 0.1) is 24.7 Å². The quantitative estimate of drug-likeness (QED) is 0.729. The fraction of sp³-hybridized carbons (Fsp3) is 0.600. The smallest absolute Gasteiger partial charge is 0.225 e. The second-order valence-corrected chi connectivity index (χ2v) is 7.61. The second-order valence-electron chi connectivity index (χ2n) is 7.61. The molecule has 1 saturated carbocycles. The number of likely N-dealkylation sites (tertiary alicyclic amines) is 1. The van der Waals surface area contributed by atoms with Gasteiger partial charge in [0.15, 0.2) is 0 Å². The molecule has 2 aliphatic rings. The van der Waals surface area contributed by atoms with Crippen molar-refractivity contribution in [3.05, 3.63) is 35.6 Å². The molecule has 1 aliphatic carbocycles.